The molecule has 0 bridgehead atoms. The highest BCUT2D eigenvalue weighted by atomic mass is 32.2. The van der Waals surface area contributed by atoms with E-state index in [2.05, 4.69) is 26.1 Å². The molecule has 2 rings (SSSR count). The van der Waals surface area contributed by atoms with Gasteiger partial charge in [-0.2, -0.15) is 11.8 Å². The van der Waals surface area contributed by atoms with Crippen LogP contribution in [0.1, 0.15) is 314 Å². The van der Waals surface area contributed by atoms with Crippen LogP contribution in [0.15, 0.2) is 60.7 Å². The van der Waals surface area contributed by atoms with Crippen LogP contribution in [0.4, 0.5) is 0 Å². The largest absolute Gasteiger partial charge is 0.461 e. The smallest absolute Gasteiger partial charge is 0.330 e. The number of hydrogen-bond donors (Lipinski definition) is 1. The van der Waals surface area contributed by atoms with Crippen LogP contribution in [0, 0.1) is 0 Å². The minimum absolute atomic E-state index is 0.102. The van der Waals surface area contributed by atoms with E-state index in [-0.39, 0.29) is 18.0 Å². The Morgan fingerprint density at radius 3 is 1.10 bits per heavy atom. The SMILES string of the molecule is CCCCCCCCCCCCCCCC[C@@H](CSC[C@H](NC(=O)CCCCCCCCCCCCCCC)C(=O)OC(c1ccccc1)c1ccccc1)OC(=O)CCCCCCCCCCCCCCC. The average molecular weight is 1030 g/mol. The van der Waals surface area contributed by atoms with Gasteiger partial charge < -0.3 is 14.8 Å². The molecule has 2 aromatic rings. The molecule has 2 atom stereocenters. The number of unbranched alkanes of at least 4 members (excludes halogenated alkanes) is 37. The van der Waals surface area contributed by atoms with Gasteiger partial charge in [0, 0.05) is 24.3 Å². The van der Waals surface area contributed by atoms with Crippen molar-refractivity contribution in [1.29, 1.82) is 0 Å². The number of amides is 1. The maximum absolute atomic E-state index is 14.3. The Balaban J connectivity index is 1.96. The maximum Gasteiger partial charge on any atom is 0.330 e. The van der Waals surface area contributed by atoms with Crippen LogP contribution in [0.2, 0.25) is 0 Å². The fourth-order valence-electron chi connectivity index (χ4n) is 10.1. The Hall–Kier alpha value is -2.80. The summed E-state index contributed by atoms with van der Waals surface area (Å²) in [5, 5.41) is 3.11. The molecule has 7 heteroatoms. The van der Waals surface area contributed by atoms with E-state index in [1.165, 1.54) is 212 Å². The Bertz CT molecular complexity index is 1480. The van der Waals surface area contributed by atoms with Gasteiger partial charge in [0.1, 0.15) is 12.1 Å². The van der Waals surface area contributed by atoms with Crippen LogP contribution in [-0.4, -0.2) is 41.5 Å². The zero-order chi connectivity index (χ0) is 52.3. The number of ether oxygens (including phenoxy) is 2. The molecule has 0 saturated heterocycles. The third-order valence-electron chi connectivity index (χ3n) is 14.8. The summed E-state index contributed by atoms with van der Waals surface area (Å²) >= 11 is 1.59. The molecule has 0 heterocycles. The molecule has 418 valence electrons. The Kier molecular flexibility index (Phi) is 45.5. The molecule has 0 radical (unpaired) electrons. The molecule has 0 aliphatic carbocycles. The second kappa shape index (κ2) is 50.0. The molecule has 0 aromatic heterocycles. The quantitative estimate of drug-likeness (QED) is 0.0525. The molecule has 0 aliphatic rings. The lowest BCUT2D eigenvalue weighted by atomic mass is 10.0. The van der Waals surface area contributed by atoms with E-state index in [9.17, 15) is 14.4 Å². The lowest BCUT2D eigenvalue weighted by Gasteiger charge is -2.24. The number of benzene rings is 2. The fraction of sp³-hybridized carbons (Fsp3) is 0.773. The molecule has 0 aliphatic heterocycles. The van der Waals surface area contributed by atoms with Crippen LogP contribution < -0.4 is 5.32 Å². The number of esters is 2. The van der Waals surface area contributed by atoms with Gasteiger partial charge in [-0.15, -0.1) is 0 Å². The molecular formula is C66H113NO5S. The predicted octanol–water partition coefficient (Wildman–Crippen LogP) is 20.3. The van der Waals surface area contributed by atoms with Crippen molar-refractivity contribution in [3.8, 4) is 0 Å². The molecule has 0 saturated carbocycles. The number of nitrogens with one attached hydrogen (secondary N) is 1. The monoisotopic (exact) mass is 1030 g/mol. The number of hydrogen-bond acceptors (Lipinski definition) is 6. The van der Waals surface area contributed by atoms with Gasteiger partial charge in [-0.1, -0.05) is 319 Å². The van der Waals surface area contributed by atoms with Gasteiger partial charge in [-0.05, 0) is 36.8 Å². The van der Waals surface area contributed by atoms with E-state index >= 15 is 0 Å². The zero-order valence-electron chi connectivity index (χ0n) is 47.8. The van der Waals surface area contributed by atoms with E-state index in [4.69, 9.17) is 9.47 Å². The summed E-state index contributed by atoms with van der Waals surface area (Å²) in [6, 6.07) is 18.9. The van der Waals surface area contributed by atoms with Gasteiger partial charge in [-0.3, -0.25) is 9.59 Å². The summed E-state index contributed by atoms with van der Waals surface area (Å²) in [5.74, 6) is 0.291. The van der Waals surface area contributed by atoms with E-state index in [0.29, 0.717) is 24.3 Å². The standard InChI is InChI=1S/C66H113NO5S/c1-4-7-10-13-16-19-22-25-28-29-32-35-38-47-54-61(71-64(69)56-49-40-37-34-31-27-24-21-18-15-12-9-6-3)57-73-58-62(66(70)72-65(59-50-43-41-44-51-59)60-52-45-42-46-53-60)67-63(68)55-48-39-36-33-30-26-23-20-17-14-11-8-5-2/h41-46,50-53,61-62,65H,4-40,47-49,54-58H2,1-3H3,(H,67,68)/t61-,62-/m0/s1. The maximum atomic E-state index is 14.3. The van der Waals surface area contributed by atoms with Crippen molar-refractivity contribution in [3.05, 3.63) is 71.8 Å². The van der Waals surface area contributed by atoms with Crippen molar-refractivity contribution in [2.45, 2.75) is 315 Å². The molecule has 0 spiro atoms. The number of carbonyl (C=O) groups is 3. The summed E-state index contributed by atoms with van der Waals surface area (Å²) in [7, 11) is 0. The van der Waals surface area contributed by atoms with Crippen LogP contribution >= 0.6 is 11.8 Å². The minimum atomic E-state index is -0.822. The number of rotatable bonds is 53. The highest BCUT2D eigenvalue weighted by Gasteiger charge is 2.28. The van der Waals surface area contributed by atoms with Crippen molar-refractivity contribution < 1.29 is 23.9 Å². The molecule has 6 nitrogen and oxygen atoms in total. The zero-order valence-corrected chi connectivity index (χ0v) is 48.6. The summed E-state index contributed by atoms with van der Waals surface area (Å²) in [6.07, 6.45) is 51.9. The molecule has 1 N–H and O–H groups in total. The van der Waals surface area contributed by atoms with Crippen molar-refractivity contribution in [3.63, 3.8) is 0 Å². The van der Waals surface area contributed by atoms with Crippen LogP contribution in [0.25, 0.3) is 0 Å². The molecule has 0 fully saturated rings. The Morgan fingerprint density at radius 2 is 0.726 bits per heavy atom. The first-order chi connectivity index (χ1) is 36.0. The van der Waals surface area contributed by atoms with Gasteiger partial charge in [0.05, 0.1) is 0 Å². The third-order valence-corrected chi connectivity index (χ3v) is 16.0. The normalized spacial score (nSPS) is 12.3. The van der Waals surface area contributed by atoms with Gasteiger partial charge in [-0.25, -0.2) is 4.79 Å². The third kappa shape index (κ3) is 39.3. The lowest BCUT2D eigenvalue weighted by molar-refractivity contribution is -0.151. The van der Waals surface area contributed by atoms with E-state index in [1.54, 1.807) is 11.8 Å². The second-order valence-corrected chi connectivity index (χ2v) is 22.9. The van der Waals surface area contributed by atoms with Crippen LogP contribution in [-0.2, 0) is 23.9 Å². The van der Waals surface area contributed by atoms with Gasteiger partial charge in [0.2, 0.25) is 5.91 Å². The van der Waals surface area contributed by atoms with Crippen molar-refractivity contribution in [2.24, 2.45) is 0 Å². The number of thioether (sulfide) groups is 1. The summed E-state index contributed by atoms with van der Waals surface area (Å²) < 4.78 is 12.6. The lowest BCUT2D eigenvalue weighted by Crippen LogP contribution is -2.44. The van der Waals surface area contributed by atoms with Gasteiger partial charge in [0.25, 0.3) is 0 Å². The first-order valence-electron chi connectivity index (χ1n) is 31.3. The first kappa shape index (κ1) is 66.3. The van der Waals surface area contributed by atoms with E-state index < -0.39 is 18.1 Å². The van der Waals surface area contributed by atoms with E-state index in [1.807, 2.05) is 60.7 Å². The molecule has 73 heavy (non-hydrogen) atoms. The summed E-state index contributed by atoms with van der Waals surface area (Å²) in [6.45, 7) is 6.83. The van der Waals surface area contributed by atoms with Crippen molar-refractivity contribution in [2.75, 3.05) is 11.5 Å². The minimum Gasteiger partial charge on any atom is -0.461 e. The molecular weight excluding hydrogens is 919 g/mol. The molecule has 0 unspecified atom stereocenters. The predicted molar refractivity (Wildman–Crippen MR) is 316 cm³/mol. The van der Waals surface area contributed by atoms with Crippen molar-refractivity contribution >= 4 is 29.6 Å². The Labute approximate surface area is 455 Å². The molecule has 1 amide bonds. The second-order valence-electron chi connectivity index (χ2n) is 21.8. The van der Waals surface area contributed by atoms with E-state index in [0.717, 1.165) is 62.5 Å². The molecule has 2 aromatic carbocycles. The van der Waals surface area contributed by atoms with Crippen LogP contribution in [0.3, 0.4) is 0 Å². The average Bonchev–Trinajstić information content (AvgIpc) is 3.40. The summed E-state index contributed by atoms with van der Waals surface area (Å²) in [5.41, 5.74) is 1.77. The highest BCUT2D eigenvalue weighted by Crippen LogP contribution is 2.27. The topological polar surface area (TPSA) is 81.7 Å². The van der Waals surface area contributed by atoms with Crippen molar-refractivity contribution in [1.82, 2.24) is 5.32 Å². The summed E-state index contributed by atoms with van der Waals surface area (Å²) in [4.78, 5) is 41.2. The highest BCUT2D eigenvalue weighted by molar-refractivity contribution is 7.99. The first-order valence-corrected chi connectivity index (χ1v) is 32.5. The van der Waals surface area contributed by atoms with Crippen LogP contribution in [0.5, 0.6) is 0 Å². The Morgan fingerprint density at radius 1 is 0.397 bits per heavy atom. The van der Waals surface area contributed by atoms with Gasteiger partial charge in [0.15, 0.2) is 6.10 Å². The fourth-order valence-corrected chi connectivity index (χ4v) is 11.2. The van der Waals surface area contributed by atoms with Gasteiger partial charge >= 0.3 is 11.9 Å². The number of carbonyl (C=O) groups excluding carboxylic acids is 3.